The summed E-state index contributed by atoms with van der Waals surface area (Å²) in [5, 5.41) is 0. The fraction of sp³-hybridized carbons (Fsp3) is 0.714. The molecule has 0 atom stereocenters. The topological polar surface area (TPSA) is 76.8 Å². The number of rotatable bonds is 4. The van der Waals surface area contributed by atoms with Gasteiger partial charge in [-0.3, -0.25) is 0 Å². The molecule has 8 aliphatic rings. The van der Waals surface area contributed by atoms with Gasteiger partial charge in [-0.15, -0.1) is 0 Å². The van der Waals surface area contributed by atoms with Gasteiger partial charge in [0.05, 0.1) is 11.4 Å². The first-order valence-electron chi connectivity index (χ1n) is 13.3. The first-order valence-corrected chi connectivity index (χ1v) is 13.3. The van der Waals surface area contributed by atoms with E-state index in [9.17, 15) is 0 Å². The van der Waals surface area contributed by atoms with Gasteiger partial charge in [-0.1, -0.05) is 12.1 Å². The summed E-state index contributed by atoms with van der Waals surface area (Å²) in [6.07, 6.45) is 16.0. The lowest BCUT2D eigenvalue weighted by Gasteiger charge is -2.56. The predicted molar refractivity (Wildman–Crippen MR) is 130 cm³/mol. The van der Waals surface area contributed by atoms with Crippen LogP contribution in [0.15, 0.2) is 34.3 Å². The molecule has 4 nitrogen and oxygen atoms in total. The van der Waals surface area contributed by atoms with E-state index in [0.29, 0.717) is 0 Å². The van der Waals surface area contributed by atoms with Crippen molar-refractivity contribution < 1.29 is 0 Å². The lowest BCUT2D eigenvalue weighted by Crippen LogP contribution is -2.52. The lowest BCUT2D eigenvalue weighted by molar-refractivity contribution is -0.0130. The second-order valence-electron chi connectivity index (χ2n) is 12.9. The fourth-order valence-electron chi connectivity index (χ4n) is 10.00. The van der Waals surface area contributed by atoms with Crippen LogP contribution in [0.3, 0.4) is 0 Å². The minimum atomic E-state index is 0.136. The number of benzene rings is 1. The smallest absolute Gasteiger partial charge is 0.106 e. The lowest BCUT2D eigenvalue weighted by atomic mass is 9.49. The molecule has 0 radical (unpaired) electrons. The van der Waals surface area contributed by atoms with Crippen molar-refractivity contribution in [1.82, 2.24) is 0 Å². The van der Waals surface area contributed by atoms with Gasteiger partial charge in [-0.05, 0) is 125 Å². The Morgan fingerprint density at radius 2 is 0.844 bits per heavy atom. The number of hydrogen-bond donors (Lipinski definition) is 2. The van der Waals surface area contributed by atoms with Gasteiger partial charge < -0.3 is 11.5 Å². The van der Waals surface area contributed by atoms with E-state index >= 15 is 0 Å². The summed E-state index contributed by atoms with van der Waals surface area (Å²) < 4.78 is 0. The monoisotopic (exact) mass is 430 g/mol. The molecule has 4 heteroatoms. The van der Waals surface area contributed by atoms with Gasteiger partial charge in [0.1, 0.15) is 11.7 Å². The molecule has 9 rings (SSSR count). The number of nitrogens with zero attached hydrogens (tertiary/aromatic N) is 2. The highest BCUT2D eigenvalue weighted by Crippen LogP contribution is 2.61. The Labute approximate surface area is 192 Å². The highest BCUT2D eigenvalue weighted by molar-refractivity contribution is 5.93. The van der Waals surface area contributed by atoms with Crippen LogP contribution in [0.1, 0.15) is 77.0 Å². The van der Waals surface area contributed by atoms with Crippen LogP contribution in [-0.2, 0) is 0 Å². The molecule has 0 spiro atoms. The standard InChI is InChI=1S/C28H38N4/c29-25(27-11-17-5-18(12-27)7-19(6-17)13-27)31-23-3-1-2-4-24(23)32-26(30)28-14-20-8-21(15-28)10-22(9-20)16-28/h1-4,17-22H,5-16H2,(H2,29,31)(H2,30,32). The van der Waals surface area contributed by atoms with Crippen molar-refractivity contribution in [2.45, 2.75) is 77.0 Å². The van der Waals surface area contributed by atoms with E-state index in [1.54, 1.807) is 0 Å². The number of aliphatic imine (C=N–C) groups is 2. The zero-order chi connectivity index (χ0) is 21.5. The number of nitrogens with two attached hydrogens (primary N) is 2. The van der Waals surface area contributed by atoms with Crippen molar-refractivity contribution in [2.24, 2.45) is 67.8 Å². The third kappa shape index (κ3) is 3.00. The molecule has 0 amide bonds. The van der Waals surface area contributed by atoms with Crippen molar-refractivity contribution in [1.29, 1.82) is 0 Å². The third-order valence-corrected chi connectivity index (χ3v) is 10.5. The van der Waals surface area contributed by atoms with Crippen LogP contribution in [0.25, 0.3) is 0 Å². The summed E-state index contributed by atoms with van der Waals surface area (Å²) in [4.78, 5) is 10.2. The van der Waals surface area contributed by atoms with Gasteiger partial charge in [0.2, 0.25) is 0 Å². The molecule has 32 heavy (non-hydrogen) atoms. The van der Waals surface area contributed by atoms with Crippen molar-refractivity contribution >= 4 is 23.0 Å². The average molecular weight is 431 g/mol. The van der Waals surface area contributed by atoms with Gasteiger partial charge >= 0.3 is 0 Å². The Morgan fingerprint density at radius 1 is 0.562 bits per heavy atom. The van der Waals surface area contributed by atoms with Crippen LogP contribution in [0.2, 0.25) is 0 Å². The molecule has 1 aromatic rings. The van der Waals surface area contributed by atoms with Crippen LogP contribution in [0.5, 0.6) is 0 Å². The molecule has 4 N–H and O–H groups in total. The van der Waals surface area contributed by atoms with Gasteiger partial charge in [0, 0.05) is 10.8 Å². The Kier molecular flexibility index (Phi) is 4.19. The number of para-hydroxylation sites is 2. The fourth-order valence-corrected chi connectivity index (χ4v) is 10.00. The maximum atomic E-state index is 6.82. The zero-order valence-electron chi connectivity index (χ0n) is 19.3. The molecule has 0 aliphatic heterocycles. The molecule has 8 fully saturated rings. The Balaban J connectivity index is 1.21. The van der Waals surface area contributed by atoms with Crippen LogP contribution < -0.4 is 11.5 Å². The van der Waals surface area contributed by atoms with Crippen molar-refractivity contribution in [3.63, 3.8) is 0 Å². The number of amidine groups is 2. The van der Waals surface area contributed by atoms with Crippen LogP contribution in [0.4, 0.5) is 11.4 Å². The molecule has 170 valence electrons. The third-order valence-electron chi connectivity index (χ3n) is 10.5. The summed E-state index contributed by atoms with van der Waals surface area (Å²) in [6, 6.07) is 8.29. The summed E-state index contributed by atoms with van der Waals surface area (Å²) >= 11 is 0. The molecule has 0 heterocycles. The summed E-state index contributed by atoms with van der Waals surface area (Å²) in [5.74, 6) is 6.96. The quantitative estimate of drug-likeness (QED) is 0.447. The number of hydrogen-bond acceptors (Lipinski definition) is 2. The largest absolute Gasteiger partial charge is 0.387 e. The molecular weight excluding hydrogens is 392 g/mol. The summed E-state index contributed by atoms with van der Waals surface area (Å²) in [6.45, 7) is 0. The summed E-state index contributed by atoms with van der Waals surface area (Å²) in [7, 11) is 0. The minimum absolute atomic E-state index is 0.136. The van der Waals surface area contributed by atoms with E-state index in [2.05, 4.69) is 24.3 Å². The second kappa shape index (κ2) is 6.84. The molecule has 8 saturated carbocycles. The normalized spacial score (nSPS) is 46.8. The van der Waals surface area contributed by atoms with Crippen molar-refractivity contribution in [3.05, 3.63) is 24.3 Å². The van der Waals surface area contributed by atoms with Crippen molar-refractivity contribution in [3.8, 4) is 0 Å². The molecule has 8 aliphatic carbocycles. The second-order valence-corrected chi connectivity index (χ2v) is 12.9. The highest BCUT2D eigenvalue weighted by Gasteiger charge is 2.54. The van der Waals surface area contributed by atoms with Gasteiger partial charge in [-0.2, -0.15) is 0 Å². The van der Waals surface area contributed by atoms with E-state index in [-0.39, 0.29) is 10.8 Å². The molecular formula is C28H38N4. The average Bonchev–Trinajstić information content (AvgIpc) is 2.73. The molecule has 0 saturated heterocycles. The van der Waals surface area contributed by atoms with Gasteiger partial charge in [0.25, 0.3) is 0 Å². The molecule has 8 bridgehead atoms. The SMILES string of the molecule is NC(=Nc1ccccc1N=C(N)C12CC3CC(CC(C3)C1)C2)C12CC3CC(CC(C3)C1)C2. The predicted octanol–water partition coefficient (Wildman–Crippen LogP) is 6.10. The van der Waals surface area contributed by atoms with Crippen molar-refractivity contribution in [2.75, 3.05) is 0 Å². The van der Waals surface area contributed by atoms with Crippen LogP contribution >= 0.6 is 0 Å². The Hall–Kier alpha value is -1.84. The highest BCUT2D eigenvalue weighted by atomic mass is 15.0. The molecule has 0 aromatic heterocycles. The zero-order valence-corrected chi connectivity index (χ0v) is 19.3. The Morgan fingerprint density at radius 3 is 1.12 bits per heavy atom. The van der Waals surface area contributed by atoms with E-state index in [0.717, 1.165) is 58.6 Å². The van der Waals surface area contributed by atoms with Gasteiger partial charge in [-0.25, -0.2) is 9.98 Å². The maximum absolute atomic E-state index is 6.82. The summed E-state index contributed by atoms with van der Waals surface area (Å²) in [5.41, 5.74) is 15.7. The van der Waals surface area contributed by atoms with Gasteiger partial charge in [0.15, 0.2) is 0 Å². The maximum Gasteiger partial charge on any atom is 0.106 e. The van der Waals surface area contributed by atoms with E-state index in [1.165, 1.54) is 77.0 Å². The first-order chi connectivity index (χ1) is 15.5. The molecule has 0 unspecified atom stereocenters. The Bertz CT molecular complexity index is 839. The van der Waals surface area contributed by atoms with E-state index < -0.39 is 0 Å². The van der Waals surface area contributed by atoms with Crippen LogP contribution in [-0.4, -0.2) is 11.7 Å². The first kappa shape index (κ1) is 19.6. The van der Waals surface area contributed by atoms with Crippen LogP contribution in [0, 0.1) is 46.3 Å². The minimum Gasteiger partial charge on any atom is -0.387 e. The van der Waals surface area contributed by atoms with E-state index in [4.69, 9.17) is 21.5 Å². The molecule has 1 aromatic carbocycles. The van der Waals surface area contributed by atoms with E-state index in [1.807, 2.05) is 0 Å².